The Morgan fingerprint density at radius 2 is 2.17 bits per heavy atom. The van der Waals surface area contributed by atoms with Crippen LogP contribution in [-0.4, -0.2) is 52.1 Å². The minimum absolute atomic E-state index is 0.0144. The highest BCUT2D eigenvalue weighted by atomic mass is 16.5. The van der Waals surface area contributed by atoms with Crippen LogP contribution in [0.2, 0.25) is 0 Å². The molecule has 24 heavy (non-hydrogen) atoms. The van der Waals surface area contributed by atoms with E-state index in [2.05, 4.69) is 15.0 Å². The van der Waals surface area contributed by atoms with Crippen molar-refractivity contribution in [3.63, 3.8) is 0 Å². The molecule has 1 aliphatic heterocycles. The van der Waals surface area contributed by atoms with Crippen molar-refractivity contribution in [1.29, 1.82) is 0 Å². The van der Waals surface area contributed by atoms with Gasteiger partial charge in [-0.05, 0) is 38.0 Å². The lowest BCUT2D eigenvalue weighted by Crippen LogP contribution is -2.36. The van der Waals surface area contributed by atoms with Crippen molar-refractivity contribution in [2.24, 2.45) is 5.92 Å². The van der Waals surface area contributed by atoms with E-state index in [4.69, 9.17) is 4.74 Å². The molecule has 1 fully saturated rings. The monoisotopic (exact) mass is 326 g/mol. The number of nitrogens with zero attached hydrogens (tertiary/aromatic N) is 4. The van der Waals surface area contributed by atoms with Crippen LogP contribution in [0.15, 0.2) is 30.9 Å². The predicted molar refractivity (Wildman–Crippen MR) is 89.7 cm³/mol. The Hall–Kier alpha value is -2.34. The van der Waals surface area contributed by atoms with E-state index in [0.29, 0.717) is 31.9 Å². The molecule has 1 atom stereocenters. The average Bonchev–Trinajstić information content (AvgIpc) is 2.80. The Morgan fingerprint density at radius 3 is 2.96 bits per heavy atom. The molecule has 0 aromatic carbocycles. The van der Waals surface area contributed by atoms with Gasteiger partial charge in [0, 0.05) is 42.8 Å². The second kappa shape index (κ2) is 7.49. The first-order valence-corrected chi connectivity index (χ1v) is 8.18. The molecule has 0 bridgehead atoms. The van der Waals surface area contributed by atoms with Crippen LogP contribution in [0.4, 0.5) is 0 Å². The van der Waals surface area contributed by atoms with E-state index >= 15 is 0 Å². The van der Waals surface area contributed by atoms with Crippen LogP contribution in [0, 0.1) is 19.8 Å². The van der Waals surface area contributed by atoms with Crippen LogP contribution in [0.1, 0.15) is 27.3 Å². The maximum absolute atomic E-state index is 12.8. The highest BCUT2D eigenvalue weighted by Gasteiger charge is 2.24. The van der Waals surface area contributed by atoms with Gasteiger partial charge in [-0.3, -0.25) is 9.78 Å². The zero-order valence-corrected chi connectivity index (χ0v) is 14.1. The first kappa shape index (κ1) is 16.5. The van der Waals surface area contributed by atoms with Crippen LogP contribution in [0.5, 0.6) is 0 Å². The number of carbonyl (C=O) groups excluding carboxylic acids is 1. The van der Waals surface area contributed by atoms with Crippen LogP contribution in [0.3, 0.4) is 0 Å². The largest absolute Gasteiger partial charge is 0.379 e. The number of hydrogen-bond donors (Lipinski definition) is 0. The Morgan fingerprint density at radius 1 is 1.29 bits per heavy atom. The smallest absolute Gasteiger partial charge is 0.255 e. The number of hydrogen-bond acceptors (Lipinski definition) is 5. The van der Waals surface area contributed by atoms with Crippen LogP contribution in [-0.2, 0) is 11.2 Å². The van der Waals surface area contributed by atoms with Gasteiger partial charge in [-0.25, -0.2) is 9.97 Å². The number of ether oxygens (including phenoxy) is 1. The minimum atomic E-state index is 0.0144. The van der Waals surface area contributed by atoms with Crippen molar-refractivity contribution in [2.45, 2.75) is 20.3 Å². The highest BCUT2D eigenvalue weighted by Crippen LogP contribution is 2.15. The van der Waals surface area contributed by atoms with Crippen molar-refractivity contribution >= 4 is 5.91 Å². The lowest BCUT2D eigenvalue weighted by Gasteiger charge is -2.23. The molecule has 6 nitrogen and oxygen atoms in total. The summed E-state index contributed by atoms with van der Waals surface area (Å²) in [6.07, 6.45) is 5.75. The number of amides is 1. The second-order valence-corrected chi connectivity index (χ2v) is 6.30. The van der Waals surface area contributed by atoms with Gasteiger partial charge in [-0.2, -0.15) is 0 Å². The van der Waals surface area contributed by atoms with Crippen molar-refractivity contribution in [3.8, 4) is 0 Å². The predicted octanol–water partition coefficient (Wildman–Crippen LogP) is 1.82. The fourth-order valence-corrected chi connectivity index (χ4v) is 2.96. The number of aryl methyl sites for hydroxylation is 2. The summed E-state index contributed by atoms with van der Waals surface area (Å²) in [6.45, 7) is 6.36. The second-order valence-electron chi connectivity index (χ2n) is 6.30. The summed E-state index contributed by atoms with van der Waals surface area (Å²) in [4.78, 5) is 27.2. The minimum Gasteiger partial charge on any atom is -0.379 e. The third kappa shape index (κ3) is 4.14. The summed E-state index contributed by atoms with van der Waals surface area (Å²) < 4.78 is 5.70. The molecule has 1 unspecified atom stereocenters. The molecule has 0 spiro atoms. The number of aromatic nitrogens is 3. The van der Waals surface area contributed by atoms with Gasteiger partial charge in [0.05, 0.1) is 18.8 Å². The van der Waals surface area contributed by atoms with E-state index in [1.807, 2.05) is 30.9 Å². The number of carbonyl (C=O) groups is 1. The Kier molecular flexibility index (Phi) is 5.15. The van der Waals surface area contributed by atoms with Gasteiger partial charge < -0.3 is 9.64 Å². The third-order valence-electron chi connectivity index (χ3n) is 4.11. The van der Waals surface area contributed by atoms with Gasteiger partial charge in [-0.15, -0.1) is 0 Å². The molecular weight excluding hydrogens is 304 g/mol. The van der Waals surface area contributed by atoms with Gasteiger partial charge in [0.1, 0.15) is 6.33 Å². The Balaban J connectivity index is 1.71. The fourth-order valence-electron chi connectivity index (χ4n) is 2.96. The van der Waals surface area contributed by atoms with Gasteiger partial charge >= 0.3 is 0 Å². The van der Waals surface area contributed by atoms with Crippen LogP contribution >= 0.6 is 0 Å². The van der Waals surface area contributed by atoms with E-state index in [9.17, 15) is 4.79 Å². The van der Waals surface area contributed by atoms with E-state index < -0.39 is 0 Å². The summed E-state index contributed by atoms with van der Waals surface area (Å²) >= 11 is 0. The summed E-state index contributed by atoms with van der Waals surface area (Å²) in [5.74, 6) is 0.240. The molecule has 0 saturated carbocycles. The quantitative estimate of drug-likeness (QED) is 0.860. The summed E-state index contributed by atoms with van der Waals surface area (Å²) in [7, 11) is 0. The molecule has 0 radical (unpaired) electrons. The van der Waals surface area contributed by atoms with E-state index in [1.165, 1.54) is 0 Å². The lowest BCUT2D eigenvalue weighted by atomic mass is 10.0. The fraction of sp³-hybridized carbons (Fsp3) is 0.444. The zero-order chi connectivity index (χ0) is 16.9. The molecule has 3 heterocycles. The summed E-state index contributed by atoms with van der Waals surface area (Å²) in [5, 5.41) is 0. The van der Waals surface area contributed by atoms with Crippen molar-refractivity contribution in [3.05, 3.63) is 53.4 Å². The molecule has 2 aromatic rings. The molecule has 1 saturated heterocycles. The molecule has 3 rings (SSSR count). The number of pyridine rings is 1. The molecule has 126 valence electrons. The molecular formula is C18H22N4O2. The first-order valence-electron chi connectivity index (χ1n) is 8.18. The van der Waals surface area contributed by atoms with Crippen molar-refractivity contribution in [1.82, 2.24) is 19.9 Å². The van der Waals surface area contributed by atoms with Gasteiger partial charge in [0.15, 0.2) is 0 Å². The Bertz CT molecular complexity index is 720. The molecule has 2 aromatic heterocycles. The molecule has 6 heteroatoms. The number of rotatable bonds is 3. The first-order chi connectivity index (χ1) is 11.6. The molecule has 1 aliphatic rings. The zero-order valence-electron chi connectivity index (χ0n) is 14.1. The highest BCUT2D eigenvalue weighted by molar-refractivity contribution is 5.94. The van der Waals surface area contributed by atoms with E-state index in [-0.39, 0.29) is 11.8 Å². The summed E-state index contributed by atoms with van der Waals surface area (Å²) in [6, 6.07) is 3.87. The lowest BCUT2D eigenvalue weighted by molar-refractivity contribution is 0.0736. The van der Waals surface area contributed by atoms with Crippen molar-refractivity contribution < 1.29 is 9.53 Å². The van der Waals surface area contributed by atoms with E-state index in [0.717, 1.165) is 23.4 Å². The van der Waals surface area contributed by atoms with Gasteiger partial charge in [-0.1, -0.05) is 0 Å². The summed E-state index contributed by atoms with van der Waals surface area (Å²) in [5.41, 5.74) is 3.56. The van der Waals surface area contributed by atoms with Crippen LogP contribution < -0.4 is 0 Å². The maximum Gasteiger partial charge on any atom is 0.255 e. The van der Waals surface area contributed by atoms with E-state index in [1.54, 1.807) is 18.7 Å². The molecule has 1 amide bonds. The Labute approximate surface area is 141 Å². The third-order valence-corrected chi connectivity index (χ3v) is 4.11. The topological polar surface area (TPSA) is 68.2 Å². The average molecular weight is 326 g/mol. The van der Waals surface area contributed by atoms with Gasteiger partial charge in [0.2, 0.25) is 0 Å². The standard InChI is InChI=1S/C18H22N4O2/c1-13-5-16(9-19-8-13)18(23)22-3-4-24-11-15(10-22)7-17-6-14(2)20-12-21-17/h5-6,8-9,12,15H,3-4,7,10-11H2,1-2H3. The SMILES string of the molecule is Cc1cncc(C(=O)N2CCOCC(Cc3cc(C)ncn3)C2)c1. The molecule has 0 N–H and O–H groups in total. The van der Waals surface area contributed by atoms with Crippen molar-refractivity contribution in [2.75, 3.05) is 26.3 Å². The van der Waals surface area contributed by atoms with Crippen LogP contribution in [0.25, 0.3) is 0 Å². The van der Waals surface area contributed by atoms with Gasteiger partial charge in [0.25, 0.3) is 5.91 Å². The normalized spacial score (nSPS) is 18.2. The maximum atomic E-state index is 12.8. The molecule has 0 aliphatic carbocycles.